The molecule has 19 heavy (non-hydrogen) atoms. The zero-order valence-electron chi connectivity index (χ0n) is 11.2. The van der Waals surface area contributed by atoms with Crippen LogP contribution in [0.1, 0.15) is 55.5 Å². The third-order valence-corrected chi connectivity index (χ3v) is 2.83. The Morgan fingerprint density at radius 3 is 2.74 bits per heavy atom. The highest BCUT2D eigenvalue weighted by Crippen LogP contribution is 2.18. The van der Waals surface area contributed by atoms with Crippen molar-refractivity contribution < 1.29 is 9.59 Å². The van der Waals surface area contributed by atoms with Crippen molar-refractivity contribution in [2.24, 2.45) is 0 Å². The van der Waals surface area contributed by atoms with Gasteiger partial charge in [0, 0.05) is 24.9 Å². The van der Waals surface area contributed by atoms with Crippen LogP contribution in [-0.4, -0.2) is 39.6 Å². The fourth-order valence-corrected chi connectivity index (χ4v) is 1.53. The van der Waals surface area contributed by atoms with Gasteiger partial charge in [0.05, 0.1) is 0 Å². The summed E-state index contributed by atoms with van der Waals surface area (Å²) in [5, 5.41) is 12.1. The second kappa shape index (κ2) is 5.81. The van der Waals surface area contributed by atoms with Crippen molar-refractivity contribution in [2.75, 3.05) is 6.54 Å². The lowest BCUT2D eigenvalue weighted by atomic mass is 10.2. The van der Waals surface area contributed by atoms with Crippen LogP contribution in [0.4, 0.5) is 0 Å². The van der Waals surface area contributed by atoms with Crippen molar-refractivity contribution in [3.05, 3.63) is 11.6 Å². The van der Waals surface area contributed by atoms with E-state index in [2.05, 4.69) is 25.8 Å². The Morgan fingerprint density at radius 1 is 1.42 bits per heavy atom. The summed E-state index contributed by atoms with van der Waals surface area (Å²) in [7, 11) is 0. The maximum atomic E-state index is 11.7. The highest BCUT2D eigenvalue weighted by Gasteiger charge is 2.23. The van der Waals surface area contributed by atoms with Crippen molar-refractivity contribution in [1.29, 1.82) is 0 Å². The topological polar surface area (TPSA) is 99.8 Å². The Balaban J connectivity index is 1.72. The highest BCUT2D eigenvalue weighted by molar-refractivity contribution is 5.90. The van der Waals surface area contributed by atoms with Crippen LogP contribution in [0.2, 0.25) is 0 Å². The summed E-state index contributed by atoms with van der Waals surface area (Å²) in [6.45, 7) is 4.22. The van der Waals surface area contributed by atoms with Crippen LogP contribution >= 0.6 is 0 Å². The molecule has 0 bridgehead atoms. The lowest BCUT2D eigenvalue weighted by Gasteiger charge is -2.03. The fourth-order valence-electron chi connectivity index (χ4n) is 1.53. The summed E-state index contributed by atoms with van der Waals surface area (Å²) in [4.78, 5) is 27.2. The minimum atomic E-state index is -0.359. The largest absolute Gasteiger partial charge is 0.353 e. The number of hydrogen-bond acceptors (Lipinski definition) is 4. The van der Waals surface area contributed by atoms with E-state index in [4.69, 9.17) is 0 Å². The molecule has 0 radical (unpaired) electrons. The summed E-state index contributed by atoms with van der Waals surface area (Å²) in [6.07, 6.45) is 2.41. The first-order valence-electron chi connectivity index (χ1n) is 6.56. The minimum absolute atomic E-state index is 0.0272. The lowest BCUT2D eigenvalue weighted by molar-refractivity contribution is -0.121. The quantitative estimate of drug-likeness (QED) is 0.690. The van der Waals surface area contributed by atoms with Gasteiger partial charge in [-0.25, -0.2) is 4.98 Å². The second-order valence-corrected chi connectivity index (χ2v) is 5.05. The van der Waals surface area contributed by atoms with Gasteiger partial charge in [0.1, 0.15) is 5.82 Å². The normalized spacial score (nSPS) is 14.5. The molecule has 0 spiro atoms. The molecule has 7 heteroatoms. The van der Waals surface area contributed by atoms with E-state index in [-0.39, 0.29) is 30.0 Å². The van der Waals surface area contributed by atoms with E-state index >= 15 is 0 Å². The molecule has 2 amide bonds. The zero-order chi connectivity index (χ0) is 13.8. The predicted molar refractivity (Wildman–Crippen MR) is 68.6 cm³/mol. The average Bonchev–Trinajstić information content (AvgIpc) is 3.01. The van der Waals surface area contributed by atoms with E-state index in [0.717, 1.165) is 12.8 Å². The van der Waals surface area contributed by atoms with Crippen LogP contribution in [0.3, 0.4) is 0 Å². The third-order valence-electron chi connectivity index (χ3n) is 2.83. The van der Waals surface area contributed by atoms with Crippen LogP contribution in [0.5, 0.6) is 0 Å². The van der Waals surface area contributed by atoms with Crippen molar-refractivity contribution in [1.82, 2.24) is 25.8 Å². The molecule has 1 aromatic rings. The Bertz CT molecular complexity index is 464. The molecule has 1 aromatic heterocycles. The van der Waals surface area contributed by atoms with E-state index in [1.54, 1.807) is 0 Å². The molecular weight excluding hydrogens is 246 g/mol. The van der Waals surface area contributed by atoms with Gasteiger partial charge >= 0.3 is 0 Å². The first-order valence-corrected chi connectivity index (χ1v) is 6.56. The number of amides is 2. The van der Waals surface area contributed by atoms with Crippen molar-refractivity contribution in [3.8, 4) is 0 Å². The molecule has 0 atom stereocenters. The average molecular weight is 265 g/mol. The molecule has 1 fully saturated rings. The summed E-state index contributed by atoms with van der Waals surface area (Å²) in [5.74, 6) is 0.601. The molecule has 1 aliphatic carbocycles. The highest BCUT2D eigenvalue weighted by atomic mass is 16.2. The van der Waals surface area contributed by atoms with Crippen LogP contribution in [-0.2, 0) is 4.79 Å². The molecular formula is C12H19N5O2. The van der Waals surface area contributed by atoms with Gasteiger partial charge < -0.3 is 10.6 Å². The van der Waals surface area contributed by atoms with E-state index < -0.39 is 0 Å². The molecule has 104 valence electrons. The summed E-state index contributed by atoms with van der Waals surface area (Å²) in [6, 6.07) is 0.352. The minimum Gasteiger partial charge on any atom is -0.353 e. The SMILES string of the molecule is CC(C)c1nc(C(=O)NCCC(=O)NC2CC2)n[nH]1. The monoisotopic (exact) mass is 265 g/mol. The van der Waals surface area contributed by atoms with Gasteiger partial charge in [-0.2, -0.15) is 0 Å². The Labute approximate surface area is 111 Å². The second-order valence-electron chi connectivity index (χ2n) is 5.05. The molecule has 2 rings (SSSR count). The van der Waals surface area contributed by atoms with E-state index in [0.29, 0.717) is 18.4 Å². The van der Waals surface area contributed by atoms with Crippen LogP contribution in [0, 0.1) is 0 Å². The van der Waals surface area contributed by atoms with E-state index in [1.165, 1.54) is 0 Å². The van der Waals surface area contributed by atoms with Crippen LogP contribution < -0.4 is 10.6 Å². The number of carbonyl (C=O) groups is 2. The fraction of sp³-hybridized carbons (Fsp3) is 0.667. The summed E-state index contributed by atoms with van der Waals surface area (Å²) >= 11 is 0. The van der Waals surface area contributed by atoms with Crippen LogP contribution in [0.15, 0.2) is 0 Å². The maximum Gasteiger partial charge on any atom is 0.290 e. The van der Waals surface area contributed by atoms with Gasteiger partial charge in [0.15, 0.2) is 0 Å². The molecule has 0 saturated heterocycles. The molecule has 7 nitrogen and oxygen atoms in total. The van der Waals surface area contributed by atoms with Gasteiger partial charge in [-0.3, -0.25) is 14.7 Å². The first-order chi connectivity index (χ1) is 9.06. The molecule has 0 unspecified atom stereocenters. The van der Waals surface area contributed by atoms with Crippen molar-refractivity contribution >= 4 is 11.8 Å². The lowest BCUT2D eigenvalue weighted by Crippen LogP contribution is -2.32. The molecule has 1 heterocycles. The standard InChI is InChI=1S/C12H19N5O2/c1-7(2)10-15-11(17-16-10)12(19)13-6-5-9(18)14-8-3-4-8/h7-8H,3-6H2,1-2H3,(H,13,19)(H,14,18)(H,15,16,17). The number of aromatic amines is 1. The number of nitrogens with one attached hydrogen (secondary N) is 3. The molecule has 0 aromatic carbocycles. The van der Waals surface area contributed by atoms with E-state index in [9.17, 15) is 9.59 Å². The zero-order valence-corrected chi connectivity index (χ0v) is 11.2. The van der Waals surface area contributed by atoms with Gasteiger partial charge in [-0.1, -0.05) is 13.8 Å². The van der Waals surface area contributed by atoms with Crippen molar-refractivity contribution in [2.45, 2.75) is 45.1 Å². The number of hydrogen-bond donors (Lipinski definition) is 3. The molecule has 3 N–H and O–H groups in total. The number of nitrogens with zero attached hydrogens (tertiary/aromatic N) is 2. The molecule has 1 aliphatic rings. The van der Waals surface area contributed by atoms with Gasteiger partial charge in [-0.15, -0.1) is 5.10 Å². The van der Waals surface area contributed by atoms with Gasteiger partial charge in [0.2, 0.25) is 11.7 Å². The molecule has 1 saturated carbocycles. The van der Waals surface area contributed by atoms with E-state index in [1.807, 2.05) is 13.8 Å². The predicted octanol–water partition coefficient (Wildman–Crippen LogP) is 0.327. The smallest absolute Gasteiger partial charge is 0.290 e. The Morgan fingerprint density at radius 2 is 2.16 bits per heavy atom. The van der Waals surface area contributed by atoms with Gasteiger partial charge in [-0.05, 0) is 12.8 Å². The summed E-state index contributed by atoms with van der Waals surface area (Å²) < 4.78 is 0. The van der Waals surface area contributed by atoms with Crippen LogP contribution in [0.25, 0.3) is 0 Å². The first kappa shape index (κ1) is 13.5. The Kier molecular flexibility index (Phi) is 4.13. The van der Waals surface area contributed by atoms with Crippen molar-refractivity contribution in [3.63, 3.8) is 0 Å². The third kappa shape index (κ3) is 4.04. The molecule has 0 aliphatic heterocycles. The number of aromatic nitrogens is 3. The number of rotatable bonds is 6. The number of carbonyl (C=O) groups excluding carboxylic acids is 2. The van der Waals surface area contributed by atoms with Gasteiger partial charge in [0.25, 0.3) is 5.91 Å². The summed E-state index contributed by atoms with van der Waals surface area (Å²) in [5.41, 5.74) is 0. The maximum absolute atomic E-state index is 11.7. The Hall–Kier alpha value is -1.92. The number of H-pyrrole nitrogens is 1.